The Hall–Kier alpha value is -1.98. The summed E-state index contributed by atoms with van der Waals surface area (Å²) >= 11 is 12.0. The number of non-ortho nitro benzene ring substituents is 1. The van der Waals surface area contributed by atoms with Gasteiger partial charge in [-0.25, -0.2) is 0 Å². The molecule has 2 aromatic carbocycles. The molecular formula is C14H12Cl2N2O3. The van der Waals surface area contributed by atoms with Crippen LogP contribution in [0, 0.1) is 10.1 Å². The summed E-state index contributed by atoms with van der Waals surface area (Å²) in [6.07, 6.45) is 0.698. The van der Waals surface area contributed by atoms with Crippen molar-refractivity contribution in [3.05, 3.63) is 62.1 Å². The number of nitrogens with one attached hydrogen (secondary N) is 1. The molecule has 2 rings (SSSR count). The van der Waals surface area contributed by atoms with Crippen LogP contribution in [0.5, 0.6) is 5.75 Å². The van der Waals surface area contributed by atoms with E-state index in [2.05, 4.69) is 5.32 Å². The van der Waals surface area contributed by atoms with Crippen LogP contribution in [0.1, 0.15) is 5.56 Å². The van der Waals surface area contributed by atoms with E-state index in [0.717, 1.165) is 5.56 Å². The van der Waals surface area contributed by atoms with E-state index < -0.39 is 4.92 Å². The molecule has 0 atom stereocenters. The minimum Gasteiger partial charge on any atom is -0.508 e. The Bertz CT molecular complexity index is 637. The Morgan fingerprint density at radius 2 is 1.71 bits per heavy atom. The van der Waals surface area contributed by atoms with Crippen molar-refractivity contribution in [2.75, 3.05) is 11.9 Å². The molecule has 0 fully saturated rings. The van der Waals surface area contributed by atoms with Gasteiger partial charge in [-0.3, -0.25) is 10.1 Å². The average Bonchev–Trinajstić information content (AvgIpc) is 2.43. The van der Waals surface area contributed by atoms with Gasteiger partial charge < -0.3 is 10.4 Å². The van der Waals surface area contributed by atoms with Gasteiger partial charge in [-0.05, 0) is 24.1 Å². The van der Waals surface area contributed by atoms with Crippen LogP contribution in [0.15, 0.2) is 36.4 Å². The first-order chi connectivity index (χ1) is 9.97. The Morgan fingerprint density at radius 1 is 1.14 bits per heavy atom. The summed E-state index contributed by atoms with van der Waals surface area (Å²) in [6, 6.07) is 9.38. The van der Waals surface area contributed by atoms with Crippen LogP contribution in [0.4, 0.5) is 11.4 Å². The second-order valence-electron chi connectivity index (χ2n) is 4.38. The normalized spacial score (nSPS) is 10.4. The van der Waals surface area contributed by atoms with Gasteiger partial charge in [0, 0.05) is 18.7 Å². The Balaban J connectivity index is 2.03. The second-order valence-corrected chi connectivity index (χ2v) is 5.20. The fourth-order valence-corrected chi connectivity index (χ4v) is 2.44. The average molecular weight is 327 g/mol. The highest BCUT2D eigenvalue weighted by Gasteiger charge is 2.14. The summed E-state index contributed by atoms with van der Waals surface area (Å²) in [5, 5.41) is 23.4. The third-order valence-corrected chi connectivity index (χ3v) is 3.49. The van der Waals surface area contributed by atoms with E-state index in [9.17, 15) is 15.2 Å². The Morgan fingerprint density at radius 3 is 2.24 bits per heavy atom. The smallest absolute Gasteiger partial charge is 0.272 e. The molecule has 7 heteroatoms. The number of nitro benzene ring substituents is 1. The first-order valence-electron chi connectivity index (χ1n) is 6.12. The molecule has 0 aliphatic rings. The van der Waals surface area contributed by atoms with Gasteiger partial charge in [0.05, 0.1) is 20.7 Å². The van der Waals surface area contributed by atoms with Crippen molar-refractivity contribution in [2.24, 2.45) is 0 Å². The van der Waals surface area contributed by atoms with Crippen molar-refractivity contribution < 1.29 is 10.0 Å². The van der Waals surface area contributed by atoms with Crippen LogP contribution in [0.2, 0.25) is 10.0 Å². The number of nitrogens with zero attached hydrogens (tertiary/aromatic N) is 1. The van der Waals surface area contributed by atoms with Gasteiger partial charge in [-0.2, -0.15) is 0 Å². The fraction of sp³-hybridized carbons (Fsp3) is 0.143. The molecule has 0 saturated heterocycles. The van der Waals surface area contributed by atoms with E-state index in [4.69, 9.17) is 23.2 Å². The number of halogens is 2. The van der Waals surface area contributed by atoms with E-state index in [1.165, 1.54) is 12.1 Å². The number of phenolic OH excluding ortho intramolecular Hbond substituents is 1. The molecule has 0 heterocycles. The molecule has 2 N–H and O–H groups in total. The second kappa shape index (κ2) is 6.65. The summed E-state index contributed by atoms with van der Waals surface area (Å²) in [6.45, 7) is 0.558. The first-order valence-corrected chi connectivity index (χ1v) is 6.88. The molecule has 0 unspecified atom stereocenters. The maximum absolute atomic E-state index is 10.7. The molecule has 0 spiro atoms. The molecule has 0 aliphatic heterocycles. The molecule has 5 nitrogen and oxygen atoms in total. The van der Waals surface area contributed by atoms with Gasteiger partial charge in [0.15, 0.2) is 0 Å². The molecule has 0 aliphatic carbocycles. The zero-order valence-electron chi connectivity index (χ0n) is 10.8. The van der Waals surface area contributed by atoms with E-state index in [1.54, 1.807) is 12.1 Å². The van der Waals surface area contributed by atoms with Gasteiger partial charge in [-0.1, -0.05) is 35.3 Å². The van der Waals surface area contributed by atoms with Crippen LogP contribution < -0.4 is 5.32 Å². The molecule has 0 radical (unpaired) electrons. The summed E-state index contributed by atoms with van der Waals surface area (Å²) in [7, 11) is 0. The van der Waals surface area contributed by atoms with Crippen LogP contribution in [0.25, 0.3) is 0 Å². The largest absolute Gasteiger partial charge is 0.508 e. The molecule has 110 valence electrons. The third kappa shape index (κ3) is 4.00. The van der Waals surface area contributed by atoms with E-state index in [-0.39, 0.29) is 21.5 Å². The van der Waals surface area contributed by atoms with Gasteiger partial charge >= 0.3 is 0 Å². The summed E-state index contributed by atoms with van der Waals surface area (Å²) < 4.78 is 0. The lowest BCUT2D eigenvalue weighted by molar-refractivity contribution is -0.384. The molecular weight excluding hydrogens is 315 g/mol. The maximum atomic E-state index is 10.7. The van der Waals surface area contributed by atoms with Crippen LogP contribution >= 0.6 is 23.2 Å². The predicted octanol–water partition coefficient (Wildman–Crippen LogP) is 4.26. The molecule has 0 bridgehead atoms. The molecule has 21 heavy (non-hydrogen) atoms. The van der Waals surface area contributed by atoms with Gasteiger partial charge in [-0.15, -0.1) is 0 Å². The topological polar surface area (TPSA) is 75.4 Å². The summed E-state index contributed by atoms with van der Waals surface area (Å²) in [5.74, 6) is 0.216. The summed E-state index contributed by atoms with van der Waals surface area (Å²) in [5.41, 5.74) is 1.37. The number of anilines is 1. The lowest BCUT2D eigenvalue weighted by Gasteiger charge is -2.10. The minimum atomic E-state index is -0.544. The van der Waals surface area contributed by atoms with E-state index in [0.29, 0.717) is 18.7 Å². The van der Waals surface area contributed by atoms with Crippen LogP contribution in [0.3, 0.4) is 0 Å². The van der Waals surface area contributed by atoms with Crippen LogP contribution in [-0.2, 0) is 6.42 Å². The Labute approximate surface area is 131 Å². The zero-order chi connectivity index (χ0) is 15.4. The van der Waals surface area contributed by atoms with Crippen molar-refractivity contribution >= 4 is 34.6 Å². The highest BCUT2D eigenvalue weighted by atomic mass is 35.5. The number of rotatable bonds is 5. The van der Waals surface area contributed by atoms with Crippen molar-refractivity contribution in [2.45, 2.75) is 6.42 Å². The maximum Gasteiger partial charge on any atom is 0.272 e. The van der Waals surface area contributed by atoms with E-state index in [1.807, 2.05) is 12.1 Å². The molecule has 0 amide bonds. The molecule has 0 saturated carbocycles. The van der Waals surface area contributed by atoms with Crippen molar-refractivity contribution in [3.8, 4) is 5.75 Å². The van der Waals surface area contributed by atoms with Crippen molar-refractivity contribution in [1.29, 1.82) is 0 Å². The third-order valence-electron chi connectivity index (χ3n) is 2.89. The first kappa shape index (κ1) is 15.4. The van der Waals surface area contributed by atoms with Gasteiger partial charge in [0.25, 0.3) is 5.69 Å². The lowest BCUT2D eigenvalue weighted by atomic mass is 10.1. The highest BCUT2D eigenvalue weighted by Crippen LogP contribution is 2.34. The minimum absolute atomic E-state index is 0.144. The number of aromatic hydroxyl groups is 1. The Kier molecular flexibility index (Phi) is 4.88. The highest BCUT2D eigenvalue weighted by molar-refractivity contribution is 6.39. The zero-order valence-corrected chi connectivity index (χ0v) is 12.4. The number of phenols is 1. The standard InChI is InChI=1S/C14H12Cl2N2O3/c15-12-7-10(18(20)21)8-13(16)14(12)17-6-5-9-1-3-11(19)4-2-9/h1-4,7-8,17,19H,5-6H2. The van der Waals surface area contributed by atoms with E-state index >= 15 is 0 Å². The predicted molar refractivity (Wildman–Crippen MR) is 83.4 cm³/mol. The number of hydrogen-bond donors (Lipinski definition) is 2. The number of nitro groups is 1. The van der Waals surface area contributed by atoms with Crippen LogP contribution in [-0.4, -0.2) is 16.6 Å². The van der Waals surface area contributed by atoms with Gasteiger partial charge in [0.2, 0.25) is 0 Å². The monoisotopic (exact) mass is 326 g/mol. The quantitative estimate of drug-likeness (QED) is 0.635. The van der Waals surface area contributed by atoms with Crippen molar-refractivity contribution in [1.82, 2.24) is 0 Å². The lowest BCUT2D eigenvalue weighted by Crippen LogP contribution is -2.06. The SMILES string of the molecule is O=[N+]([O-])c1cc(Cl)c(NCCc2ccc(O)cc2)c(Cl)c1. The fourth-order valence-electron chi connectivity index (χ4n) is 1.83. The summed E-state index contributed by atoms with van der Waals surface area (Å²) in [4.78, 5) is 10.1. The molecule has 2 aromatic rings. The number of benzene rings is 2. The molecule has 0 aromatic heterocycles. The van der Waals surface area contributed by atoms with Crippen molar-refractivity contribution in [3.63, 3.8) is 0 Å². The number of hydrogen-bond acceptors (Lipinski definition) is 4. The van der Waals surface area contributed by atoms with Gasteiger partial charge in [0.1, 0.15) is 5.75 Å².